The molecule has 2 heterocycles. The Morgan fingerprint density at radius 3 is 2.35 bits per heavy atom. The molecule has 0 aliphatic heterocycles. The Morgan fingerprint density at radius 2 is 1.74 bits per heavy atom. The van der Waals surface area contributed by atoms with Gasteiger partial charge in [-0.2, -0.15) is 0 Å². The lowest BCUT2D eigenvalue weighted by molar-refractivity contribution is 0.0722. The number of nitrogens with zero attached hydrogens (tertiary/aromatic N) is 3. The van der Waals surface area contributed by atoms with Gasteiger partial charge in [0.15, 0.2) is 0 Å². The largest absolute Gasteiger partial charge is 0.351 e. The van der Waals surface area contributed by atoms with E-state index in [0.29, 0.717) is 30.6 Å². The number of carbonyl (C=O) groups is 2. The van der Waals surface area contributed by atoms with Gasteiger partial charge < -0.3 is 14.8 Å². The summed E-state index contributed by atoms with van der Waals surface area (Å²) < 4.78 is 1.79. The number of aryl methyl sites for hydroxylation is 3. The third-order valence-corrected chi connectivity index (χ3v) is 5.45. The normalized spacial score (nSPS) is 11.7. The molecule has 6 heteroatoms. The molecule has 2 aromatic heterocycles. The number of aromatic nitrogens is 2. The van der Waals surface area contributed by atoms with Gasteiger partial charge in [0.1, 0.15) is 5.69 Å². The molecule has 0 bridgehead atoms. The van der Waals surface area contributed by atoms with E-state index in [2.05, 4.69) is 22.4 Å². The number of carbonyl (C=O) groups excluding carboxylic acids is 2. The monoisotopic (exact) mass is 418 g/mol. The molecule has 162 valence electrons. The minimum atomic E-state index is -0.111. The smallest absolute Gasteiger partial charge is 0.267 e. The van der Waals surface area contributed by atoms with E-state index in [4.69, 9.17) is 0 Å². The predicted octanol–water partition coefficient (Wildman–Crippen LogP) is 3.54. The lowest BCUT2D eigenvalue weighted by Crippen LogP contribution is -2.41. The molecule has 0 saturated carbocycles. The number of hydrogen-bond acceptors (Lipinski definition) is 3. The van der Waals surface area contributed by atoms with Crippen LogP contribution >= 0.6 is 0 Å². The Kier molecular flexibility index (Phi) is 7.23. The molecule has 0 radical (unpaired) electrons. The number of rotatable bonds is 8. The quantitative estimate of drug-likeness (QED) is 0.608. The predicted molar refractivity (Wildman–Crippen MR) is 122 cm³/mol. The van der Waals surface area contributed by atoms with E-state index in [1.807, 2.05) is 70.5 Å². The Hall–Kier alpha value is -3.41. The first kappa shape index (κ1) is 22.3. The van der Waals surface area contributed by atoms with Gasteiger partial charge in [-0.1, -0.05) is 30.3 Å². The molecule has 0 aliphatic rings. The summed E-state index contributed by atoms with van der Waals surface area (Å²) in [7, 11) is 3.68. The lowest BCUT2D eigenvalue weighted by atomic mass is 10.0. The van der Waals surface area contributed by atoms with E-state index in [1.54, 1.807) is 15.5 Å². The first-order chi connectivity index (χ1) is 14.8. The second kappa shape index (κ2) is 10.1. The van der Waals surface area contributed by atoms with E-state index in [1.165, 1.54) is 0 Å². The minimum absolute atomic E-state index is 0.0386. The zero-order chi connectivity index (χ0) is 22.4. The summed E-state index contributed by atoms with van der Waals surface area (Å²) in [5.41, 5.74) is 4.06. The molecule has 0 saturated heterocycles. The highest BCUT2D eigenvalue weighted by atomic mass is 16.2. The van der Waals surface area contributed by atoms with Crippen LogP contribution in [-0.4, -0.2) is 45.9 Å². The summed E-state index contributed by atoms with van der Waals surface area (Å²) in [5, 5.41) is 2.99. The van der Waals surface area contributed by atoms with Crippen molar-refractivity contribution in [3.8, 4) is 0 Å². The average Bonchev–Trinajstić information content (AvgIpc) is 3.18. The van der Waals surface area contributed by atoms with Crippen molar-refractivity contribution in [1.29, 1.82) is 0 Å². The van der Waals surface area contributed by atoms with Gasteiger partial charge in [-0.05, 0) is 56.5 Å². The van der Waals surface area contributed by atoms with Crippen molar-refractivity contribution in [3.63, 3.8) is 0 Å². The van der Waals surface area contributed by atoms with Crippen LogP contribution in [0.25, 0.3) is 0 Å². The fourth-order valence-electron chi connectivity index (χ4n) is 3.79. The van der Waals surface area contributed by atoms with Crippen LogP contribution in [0.15, 0.2) is 60.8 Å². The second-order valence-corrected chi connectivity index (χ2v) is 7.95. The highest BCUT2D eigenvalue weighted by Crippen LogP contribution is 2.15. The molecule has 1 unspecified atom stereocenters. The number of pyridine rings is 1. The number of hydrogen-bond donors (Lipinski definition) is 1. The van der Waals surface area contributed by atoms with Crippen molar-refractivity contribution in [2.24, 2.45) is 7.05 Å². The van der Waals surface area contributed by atoms with Crippen LogP contribution in [0.4, 0.5) is 0 Å². The van der Waals surface area contributed by atoms with Gasteiger partial charge in [0.2, 0.25) is 0 Å². The Bertz CT molecular complexity index is 1020. The van der Waals surface area contributed by atoms with Crippen LogP contribution in [0.1, 0.15) is 44.2 Å². The third kappa shape index (κ3) is 5.81. The van der Waals surface area contributed by atoms with E-state index in [9.17, 15) is 9.59 Å². The van der Waals surface area contributed by atoms with Crippen molar-refractivity contribution in [2.45, 2.75) is 32.7 Å². The van der Waals surface area contributed by atoms with Crippen LogP contribution in [0.5, 0.6) is 0 Å². The fraction of sp³-hybridized carbons (Fsp3) is 0.320. The van der Waals surface area contributed by atoms with Crippen molar-refractivity contribution in [2.75, 3.05) is 13.6 Å². The molecule has 1 atom stereocenters. The molecule has 2 amide bonds. The van der Waals surface area contributed by atoms with Crippen LogP contribution < -0.4 is 5.32 Å². The van der Waals surface area contributed by atoms with E-state index in [0.717, 1.165) is 17.0 Å². The van der Waals surface area contributed by atoms with Crippen LogP contribution in [0.3, 0.4) is 0 Å². The average molecular weight is 419 g/mol. The third-order valence-electron chi connectivity index (χ3n) is 5.45. The molecule has 1 N–H and O–H groups in total. The number of amides is 2. The van der Waals surface area contributed by atoms with Crippen LogP contribution in [-0.2, 0) is 13.5 Å². The maximum atomic E-state index is 13.2. The Labute approximate surface area is 183 Å². The number of nitrogens with one attached hydrogen (secondary N) is 1. The maximum Gasteiger partial charge on any atom is 0.267 e. The fourth-order valence-corrected chi connectivity index (χ4v) is 3.79. The van der Waals surface area contributed by atoms with Gasteiger partial charge in [-0.25, -0.2) is 0 Å². The zero-order valence-corrected chi connectivity index (χ0v) is 18.6. The number of likely N-dealkylation sites (N-methyl/N-ethyl adjacent to an activating group) is 1. The molecular weight excluding hydrogens is 388 g/mol. The Morgan fingerprint density at radius 1 is 1.06 bits per heavy atom. The summed E-state index contributed by atoms with van der Waals surface area (Å²) in [6.07, 6.45) is 3.21. The van der Waals surface area contributed by atoms with Crippen molar-refractivity contribution in [3.05, 3.63) is 89.0 Å². The molecular formula is C25H30N4O2. The first-order valence-electron chi connectivity index (χ1n) is 10.5. The van der Waals surface area contributed by atoms with Crippen LogP contribution in [0.2, 0.25) is 0 Å². The topological polar surface area (TPSA) is 67.2 Å². The van der Waals surface area contributed by atoms with Gasteiger partial charge in [-0.15, -0.1) is 0 Å². The van der Waals surface area contributed by atoms with Gasteiger partial charge in [0, 0.05) is 49.8 Å². The molecule has 0 aliphatic carbocycles. The van der Waals surface area contributed by atoms with Gasteiger partial charge in [0.25, 0.3) is 11.8 Å². The lowest BCUT2D eigenvalue weighted by Gasteiger charge is -2.29. The molecule has 1 aromatic carbocycles. The molecule has 0 spiro atoms. The zero-order valence-electron chi connectivity index (χ0n) is 18.6. The Balaban J connectivity index is 1.73. The van der Waals surface area contributed by atoms with Crippen molar-refractivity contribution < 1.29 is 9.59 Å². The summed E-state index contributed by atoms with van der Waals surface area (Å²) in [4.78, 5) is 31.8. The molecule has 6 nitrogen and oxygen atoms in total. The standard InChI is InChI=1S/C25H30N4O2/c1-18-15-21(16-19(2)27-18)25(31)29(4)22(17-20-9-6-5-7-10-20)12-13-26-24(30)23-11-8-14-28(23)3/h5-11,14-16,22H,12-13,17H2,1-4H3,(H,26,30). The first-order valence-corrected chi connectivity index (χ1v) is 10.5. The number of benzene rings is 1. The highest BCUT2D eigenvalue weighted by molar-refractivity contribution is 5.94. The molecule has 3 rings (SSSR count). The molecule has 3 aromatic rings. The van der Waals surface area contributed by atoms with E-state index >= 15 is 0 Å². The minimum Gasteiger partial charge on any atom is -0.351 e. The van der Waals surface area contributed by atoms with Crippen LogP contribution in [0, 0.1) is 13.8 Å². The summed E-state index contributed by atoms with van der Waals surface area (Å²) in [6.45, 7) is 4.27. The summed E-state index contributed by atoms with van der Waals surface area (Å²) in [6, 6.07) is 17.3. The van der Waals surface area contributed by atoms with E-state index < -0.39 is 0 Å². The van der Waals surface area contributed by atoms with Gasteiger partial charge >= 0.3 is 0 Å². The van der Waals surface area contributed by atoms with Crippen molar-refractivity contribution >= 4 is 11.8 Å². The van der Waals surface area contributed by atoms with Gasteiger partial charge in [0.05, 0.1) is 0 Å². The highest BCUT2D eigenvalue weighted by Gasteiger charge is 2.22. The summed E-state index contributed by atoms with van der Waals surface area (Å²) in [5.74, 6) is -0.149. The van der Waals surface area contributed by atoms with Crippen molar-refractivity contribution in [1.82, 2.24) is 19.8 Å². The SMILES string of the molecule is Cc1cc(C(=O)N(C)C(CCNC(=O)c2cccn2C)Cc2ccccc2)cc(C)n1. The maximum absolute atomic E-state index is 13.2. The summed E-state index contributed by atoms with van der Waals surface area (Å²) >= 11 is 0. The van der Waals surface area contributed by atoms with E-state index in [-0.39, 0.29) is 17.9 Å². The molecule has 31 heavy (non-hydrogen) atoms. The molecule has 0 fully saturated rings. The van der Waals surface area contributed by atoms with Gasteiger partial charge in [-0.3, -0.25) is 14.6 Å². The second-order valence-electron chi connectivity index (χ2n) is 7.95.